The molecule has 0 spiro atoms. The van der Waals surface area contributed by atoms with E-state index in [-0.39, 0.29) is 17.6 Å². The number of ketones is 2. The molecule has 0 aromatic rings. The Morgan fingerprint density at radius 2 is 0.619 bits per heavy atom. The number of hydrogen-bond acceptors (Lipinski definition) is 4. The van der Waals surface area contributed by atoms with E-state index in [1.807, 2.05) is 13.0 Å². The minimum absolute atomic E-state index is 0.0000270. The maximum absolute atomic E-state index is 13.2. The summed E-state index contributed by atoms with van der Waals surface area (Å²) < 4.78 is 53.8. The van der Waals surface area contributed by atoms with Crippen LogP contribution in [-0.4, -0.2) is 25.6 Å². The minimum atomic E-state index is -3.08. The third-order valence-electron chi connectivity index (χ3n) is 11.9. The van der Waals surface area contributed by atoms with Gasteiger partial charge in [0.2, 0.25) is 23.1 Å². The summed E-state index contributed by atoms with van der Waals surface area (Å²) in [5.74, 6) is -3.56. The van der Waals surface area contributed by atoms with Crippen molar-refractivity contribution >= 4 is 11.6 Å². The van der Waals surface area contributed by atoms with Crippen molar-refractivity contribution in [1.29, 1.82) is 0 Å². The molecule has 0 saturated carbocycles. The third kappa shape index (κ3) is 26.3. The Morgan fingerprint density at radius 1 is 0.381 bits per heavy atom. The van der Waals surface area contributed by atoms with Crippen LogP contribution < -0.4 is 0 Å². The normalized spacial score (nSPS) is 17.7. The molecule has 4 heteroatoms. The van der Waals surface area contributed by atoms with E-state index >= 15 is 0 Å². The highest BCUT2D eigenvalue weighted by Crippen LogP contribution is 2.28. The summed E-state index contributed by atoms with van der Waals surface area (Å²) in [6.07, 6.45) is 42.6. The smallest absolute Gasteiger partial charge is 0.228 e. The lowest BCUT2D eigenvalue weighted by Gasteiger charge is -2.19. The number of carbonyl (C=O) groups excluding carboxylic acids is 2. The lowest BCUT2D eigenvalue weighted by molar-refractivity contribution is -0.121. The monoisotopic (exact) mass is 869 g/mol. The van der Waals surface area contributed by atoms with Gasteiger partial charge in [-0.2, -0.15) is 0 Å². The Bertz CT molecular complexity index is 2060. The highest BCUT2D eigenvalue weighted by Gasteiger charge is 2.34. The van der Waals surface area contributed by atoms with Crippen LogP contribution in [0.4, 0.5) is 0 Å². The van der Waals surface area contributed by atoms with Crippen LogP contribution in [0.25, 0.3) is 0 Å². The topological polar surface area (TPSA) is 52.6 Å². The molecule has 0 radical (unpaired) electrons. The van der Waals surface area contributed by atoms with Crippen molar-refractivity contribution in [3.63, 3.8) is 0 Å². The molecular weight excluding hydrogens is 773 g/mol. The summed E-state index contributed by atoms with van der Waals surface area (Å²) in [5, 5.41) is 0. The summed E-state index contributed by atoms with van der Waals surface area (Å²) in [6, 6.07) is 0. The number of methoxy groups -OCH3 is 2. The lowest BCUT2D eigenvalue weighted by atomic mass is 9.90. The number of rotatable bonds is 31. The van der Waals surface area contributed by atoms with Gasteiger partial charge in [0.15, 0.2) is 0 Å². The Hall–Kier alpha value is -4.18. The average molecular weight is 869 g/mol. The van der Waals surface area contributed by atoms with Crippen molar-refractivity contribution in [2.45, 2.75) is 205 Å². The fourth-order valence-corrected chi connectivity index (χ4v) is 7.41. The van der Waals surface area contributed by atoms with Crippen molar-refractivity contribution in [3.8, 4) is 0 Å². The second-order valence-corrected chi connectivity index (χ2v) is 18.4. The maximum atomic E-state index is 13.2. The SMILES string of the molecule is [2H]C([2H])([2H])OC1=C(OC([2H])([2H])[2H])C(=O)C(C/C=C(\C)CC/C=C(\C)CC/C=C(\C)CC/C=C(\C)CC/C=C(\C)CC/C=C(\C)CC/C=C(\C)CC/C=C(\C)CC/C=C(\C)CCC=C(C)C)=C(C)C1=O. The van der Waals surface area contributed by atoms with Crippen LogP contribution in [0.3, 0.4) is 0 Å². The summed E-state index contributed by atoms with van der Waals surface area (Å²) >= 11 is 0. The van der Waals surface area contributed by atoms with E-state index in [9.17, 15) is 9.59 Å². The first-order chi connectivity index (χ1) is 32.3. The molecule has 350 valence electrons. The molecule has 63 heavy (non-hydrogen) atoms. The molecule has 1 aliphatic carbocycles. The molecule has 1 rings (SSSR count). The van der Waals surface area contributed by atoms with Gasteiger partial charge in [0, 0.05) is 11.1 Å². The van der Waals surface area contributed by atoms with Crippen LogP contribution in [0.1, 0.15) is 213 Å². The largest absolute Gasteiger partial charge is 0.489 e. The van der Waals surface area contributed by atoms with Crippen molar-refractivity contribution in [1.82, 2.24) is 0 Å². The number of Topliss-reactive ketones (excluding diaryl/α,β-unsaturated/α-hetero) is 2. The second-order valence-electron chi connectivity index (χ2n) is 18.4. The van der Waals surface area contributed by atoms with Crippen LogP contribution in [0.5, 0.6) is 0 Å². The van der Waals surface area contributed by atoms with Gasteiger partial charge in [0.1, 0.15) is 0 Å². The Morgan fingerprint density at radius 3 is 0.873 bits per heavy atom. The highest BCUT2D eigenvalue weighted by atomic mass is 16.5. The van der Waals surface area contributed by atoms with Crippen LogP contribution >= 0.6 is 0 Å². The molecule has 0 aliphatic heterocycles. The van der Waals surface area contributed by atoms with Gasteiger partial charge in [-0.1, -0.05) is 116 Å². The Balaban J connectivity index is 2.40. The maximum Gasteiger partial charge on any atom is 0.228 e. The highest BCUT2D eigenvalue weighted by molar-refractivity contribution is 6.23. The molecule has 0 saturated heterocycles. The molecule has 0 N–H and O–H groups in total. The van der Waals surface area contributed by atoms with E-state index in [1.165, 1.54) is 63.5 Å². The summed E-state index contributed by atoms with van der Waals surface area (Å²) in [5.41, 5.74) is 14.1. The van der Waals surface area contributed by atoms with Gasteiger partial charge in [0.25, 0.3) is 0 Å². The number of allylic oxidation sites excluding steroid dienone is 22. The van der Waals surface area contributed by atoms with Gasteiger partial charge in [-0.25, -0.2) is 0 Å². The van der Waals surface area contributed by atoms with E-state index in [4.69, 9.17) is 17.7 Å². The minimum Gasteiger partial charge on any atom is -0.489 e. The van der Waals surface area contributed by atoms with E-state index < -0.39 is 37.2 Å². The lowest BCUT2D eigenvalue weighted by Crippen LogP contribution is -2.24. The number of hydrogen-bond donors (Lipinski definition) is 0. The quantitative estimate of drug-likeness (QED) is 0.0514. The first kappa shape index (κ1) is 46.8. The zero-order chi connectivity index (χ0) is 52.2. The molecule has 0 fully saturated rings. The van der Waals surface area contributed by atoms with Gasteiger partial charge in [-0.05, 0) is 205 Å². The predicted molar refractivity (Wildman–Crippen MR) is 275 cm³/mol. The van der Waals surface area contributed by atoms with Gasteiger partial charge < -0.3 is 9.47 Å². The van der Waals surface area contributed by atoms with Crippen LogP contribution in [0.15, 0.2) is 139 Å². The molecule has 0 bridgehead atoms. The van der Waals surface area contributed by atoms with Gasteiger partial charge in [-0.3, -0.25) is 9.59 Å². The molecular formula is C59H90O4. The fourth-order valence-electron chi connectivity index (χ4n) is 7.41. The van der Waals surface area contributed by atoms with Crippen molar-refractivity contribution < 1.29 is 27.3 Å². The number of ether oxygens (including phenoxy) is 2. The van der Waals surface area contributed by atoms with Crippen molar-refractivity contribution in [2.24, 2.45) is 0 Å². The molecule has 0 unspecified atom stereocenters. The van der Waals surface area contributed by atoms with E-state index in [0.29, 0.717) is 0 Å². The molecule has 1 aliphatic rings. The van der Waals surface area contributed by atoms with Gasteiger partial charge in [-0.15, -0.1) is 0 Å². The van der Waals surface area contributed by atoms with Crippen LogP contribution in [0, 0.1) is 0 Å². The van der Waals surface area contributed by atoms with E-state index in [1.54, 1.807) is 0 Å². The van der Waals surface area contributed by atoms with Crippen LogP contribution in [-0.2, 0) is 19.1 Å². The zero-order valence-corrected chi connectivity index (χ0v) is 41.8. The summed E-state index contributed by atoms with van der Waals surface area (Å²) in [6.45, 7) is 25.6. The fraction of sp³-hybridized carbons (Fsp3) is 0.559. The predicted octanol–water partition coefficient (Wildman–Crippen LogP) is 17.9. The van der Waals surface area contributed by atoms with E-state index in [2.05, 4.69) is 124 Å². The van der Waals surface area contributed by atoms with Crippen LogP contribution in [0.2, 0.25) is 0 Å². The summed E-state index contributed by atoms with van der Waals surface area (Å²) in [7, 11) is -6.16. The van der Waals surface area contributed by atoms with Crippen molar-refractivity contribution in [3.05, 3.63) is 139 Å². The Labute approximate surface area is 396 Å². The molecule has 4 nitrogen and oxygen atoms in total. The van der Waals surface area contributed by atoms with Gasteiger partial charge in [0.05, 0.1) is 22.3 Å². The Kier molecular flexibility index (Phi) is 24.8. The molecule has 0 heterocycles. The summed E-state index contributed by atoms with van der Waals surface area (Å²) in [4.78, 5) is 26.2. The molecule has 0 aromatic heterocycles. The second kappa shape index (κ2) is 33.3. The first-order valence-electron chi connectivity index (χ1n) is 26.7. The standard InChI is InChI=1S/C59H90O4/c1-44(2)24-15-25-45(3)26-16-27-46(4)28-17-29-47(5)30-18-31-48(6)32-19-33-49(7)34-20-35-50(8)36-21-37-51(9)38-22-39-52(10)40-23-41-53(11)42-43-55-54(12)56(60)58(62-13)59(63-14)57(55)61/h24,26,28,30,32,34,36,38,40,42H,15-23,25,27,29,31,33,35,37,39,41,43H2,1-14H3/b45-26+,46-28+,47-30+,48-32+,49-34+,50-36+,51-38+,52-40+,53-42+/i13D3,14D3. The average Bonchev–Trinajstić information content (AvgIpc) is 3.23. The van der Waals surface area contributed by atoms with Crippen molar-refractivity contribution in [2.75, 3.05) is 14.1 Å². The third-order valence-corrected chi connectivity index (χ3v) is 11.9. The molecule has 0 aromatic carbocycles. The first-order valence-corrected chi connectivity index (χ1v) is 23.7. The molecule has 0 amide bonds. The number of carbonyl (C=O) groups is 2. The van der Waals surface area contributed by atoms with E-state index in [0.717, 1.165) is 115 Å². The zero-order valence-electron chi connectivity index (χ0n) is 47.8. The van der Waals surface area contributed by atoms with Gasteiger partial charge >= 0.3 is 0 Å². The molecule has 0 atom stereocenters.